The van der Waals surface area contributed by atoms with Crippen LogP contribution in [0.5, 0.6) is 0 Å². The molecule has 0 aliphatic carbocycles. The number of halogens is 2. The SMILES string of the molecule is Cc1cccc(C(=O)Nc2ccncc2Br)c1F. The van der Waals surface area contributed by atoms with Gasteiger partial charge in [0.25, 0.3) is 5.91 Å². The molecule has 2 rings (SSSR count). The van der Waals surface area contributed by atoms with Gasteiger partial charge in [-0.15, -0.1) is 0 Å². The molecule has 1 aromatic heterocycles. The molecule has 5 heteroatoms. The third-order valence-corrected chi connectivity index (χ3v) is 3.09. The lowest BCUT2D eigenvalue weighted by Gasteiger charge is -2.08. The Hall–Kier alpha value is -1.75. The van der Waals surface area contributed by atoms with Gasteiger partial charge in [-0.2, -0.15) is 0 Å². The molecule has 0 spiro atoms. The highest BCUT2D eigenvalue weighted by atomic mass is 79.9. The van der Waals surface area contributed by atoms with Crippen molar-refractivity contribution in [2.45, 2.75) is 6.92 Å². The second kappa shape index (κ2) is 5.27. The highest BCUT2D eigenvalue weighted by Gasteiger charge is 2.14. The summed E-state index contributed by atoms with van der Waals surface area (Å²) < 4.78 is 14.4. The molecule has 0 unspecified atom stereocenters. The Bertz CT molecular complexity index is 601. The first-order valence-electron chi connectivity index (χ1n) is 5.25. The van der Waals surface area contributed by atoms with Crippen molar-refractivity contribution in [2.24, 2.45) is 0 Å². The molecule has 0 fully saturated rings. The lowest BCUT2D eigenvalue weighted by molar-refractivity contribution is 0.102. The molecule has 3 nitrogen and oxygen atoms in total. The fourth-order valence-electron chi connectivity index (χ4n) is 1.49. The van der Waals surface area contributed by atoms with E-state index in [1.165, 1.54) is 6.07 Å². The Morgan fingerprint density at radius 2 is 2.17 bits per heavy atom. The largest absolute Gasteiger partial charge is 0.321 e. The van der Waals surface area contributed by atoms with Gasteiger partial charge in [0.2, 0.25) is 0 Å². The Morgan fingerprint density at radius 3 is 2.89 bits per heavy atom. The predicted octanol–water partition coefficient (Wildman–Crippen LogP) is 3.54. The Morgan fingerprint density at radius 1 is 1.39 bits per heavy atom. The van der Waals surface area contributed by atoms with Crippen LogP contribution in [0.3, 0.4) is 0 Å². The molecule has 1 amide bonds. The summed E-state index contributed by atoms with van der Waals surface area (Å²) in [5.74, 6) is -0.983. The zero-order valence-corrected chi connectivity index (χ0v) is 11.2. The number of hydrogen-bond acceptors (Lipinski definition) is 2. The number of carbonyl (C=O) groups is 1. The number of nitrogens with zero attached hydrogens (tertiary/aromatic N) is 1. The van der Waals surface area contributed by atoms with E-state index in [0.717, 1.165) is 0 Å². The van der Waals surface area contributed by atoms with E-state index in [2.05, 4.69) is 26.2 Å². The maximum Gasteiger partial charge on any atom is 0.258 e. The summed E-state index contributed by atoms with van der Waals surface area (Å²) in [5.41, 5.74) is 1.02. The van der Waals surface area contributed by atoms with Crippen LogP contribution in [-0.2, 0) is 0 Å². The van der Waals surface area contributed by atoms with Crippen molar-refractivity contribution in [1.29, 1.82) is 0 Å². The second-order valence-corrected chi connectivity index (χ2v) is 4.60. The maximum absolute atomic E-state index is 13.8. The lowest BCUT2D eigenvalue weighted by atomic mass is 10.1. The quantitative estimate of drug-likeness (QED) is 0.922. The monoisotopic (exact) mass is 308 g/mol. The smallest absolute Gasteiger partial charge is 0.258 e. The van der Waals surface area contributed by atoms with E-state index < -0.39 is 11.7 Å². The van der Waals surface area contributed by atoms with Gasteiger partial charge in [0.05, 0.1) is 15.7 Å². The van der Waals surface area contributed by atoms with Crippen molar-refractivity contribution in [3.63, 3.8) is 0 Å². The van der Waals surface area contributed by atoms with Gasteiger partial charge in [0, 0.05) is 12.4 Å². The summed E-state index contributed by atoms with van der Waals surface area (Å²) in [6.07, 6.45) is 3.11. The van der Waals surface area contributed by atoms with Gasteiger partial charge >= 0.3 is 0 Å². The number of nitrogens with one attached hydrogen (secondary N) is 1. The second-order valence-electron chi connectivity index (χ2n) is 3.75. The van der Waals surface area contributed by atoms with Crippen LogP contribution in [0.4, 0.5) is 10.1 Å². The van der Waals surface area contributed by atoms with Crippen LogP contribution >= 0.6 is 15.9 Å². The van der Waals surface area contributed by atoms with Crippen molar-refractivity contribution in [3.8, 4) is 0 Å². The number of amides is 1. The van der Waals surface area contributed by atoms with Crippen LogP contribution in [0.25, 0.3) is 0 Å². The third-order valence-electron chi connectivity index (χ3n) is 2.46. The normalized spacial score (nSPS) is 10.2. The molecule has 1 heterocycles. The predicted molar refractivity (Wildman–Crippen MR) is 71.0 cm³/mol. The van der Waals surface area contributed by atoms with Crippen LogP contribution < -0.4 is 5.32 Å². The number of pyridine rings is 1. The van der Waals surface area contributed by atoms with Crippen LogP contribution in [0, 0.1) is 12.7 Å². The first-order valence-corrected chi connectivity index (χ1v) is 6.05. The lowest BCUT2D eigenvalue weighted by Crippen LogP contribution is -2.14. The Labute approximate surface area is 112 Å². The molecule has 1 N–H and O–H groups in total. The molecule has 2 aromatic rings. The number of carbonyl (C=O) groups excluding carboxylic acids is 1. The third kappa shape index (κ3) is 2.56. The fraction of sp³-hybridized carbons (Fsp3) is 0.0769. The van der Waals surface area contributed by atoms with Gasteiger partial charge in [-0.05, 0) is 40.5 Å². The number of anilines is 1. The highest BCUT2D eigenvalue weighted by Crippen LogP contribution is 2.21. The standard InChI is InChI=1S/C13H10BrFN2O/c1-8-3-2-4-9(12(8)15)13(18)17-11-5-6-16-7-10(11)14/h2-7H,1H3,(H,16,17,18). The molecule has 0 radical (unpaired) electrons. The van der Waals surface area contributed by atoms with E-state index >= 15 is 0 Å². The van der Waals surface area contributed by atoms with Crippen molar-refractivity contribution in [2.75, 3.05) is 5.32 Å². The maximum atomic E-state index is 13.8. The minimum Gasteiger partial charge on any atom is -0.321 e. The Kier molecular flexibility index (Phi) is 3.72. The summed E-state index contributed by atoms with van der Waals surface area (Å²) in [6.45, 7) is 1.62. The summed E-state index contributed by atoms with van der Waals surface area (Å²) in [7, 11) is 0. The van der Waals surface area contributed by atoms with Crippen LogP contribution in [-0.4, -0.2) is 10.9 Å². The molecular weight excluding hydrogens is 299 g/mol. The van der Waals surface area contributed by atoms with Crippen LogP contribution in [0.15, 0.2) is 41.1 Å². The van der Waals surface area contributed by atoms with Gasteiger partial charge in [0.1, 0.15) is 5.82 Å². The summed E-state index contributed by atoms with van der Waals surface area (Å²) >= 11 is 3.26. The molecule has 0 bridgehead atoms. The fourth-order valence-corrected chi connectivity index (χ4v) is 1.84. The van der Waals surface area contributed by atoms with Gasteiger partial charge in [0.15, 0.2) is 0 Å². The average molecular weight is 309 g/mol. The molecule has 0 aliphatic rings. The zero-order chi connectivity index (χ0) is 13.1. The van der Waals surface area contributed by atoms with Crippen molar-refractivity contribution >= 4 is 27.5 Å². The Balaban J connectivity index is 2.28. The van der Waals surface area contributed by atoms with E-state index in [0.29, 0.717) is 15.7 Å². The molecule has 0 aliphatic heterocycles. The van der Waals surface area contributed by atoms with E-state index in [1.54, 1.807) is 37.5 Å². The van der Waals surface area contributed by atoms with Crippen LogP contribution in [0.1, 0.15) is 15.9 Å². The van der Waals surface area contributed by atoms with Crippen molar-refractivity contribution in [3.05, 3.63) is 58.1 Å². The van der Waals surface area contributed by atoms with E-state index in [1.807, 2.05) is 0 Å². The first kappa shape index (κ1) is 12.7. The molecule has 92 valence electrons. The number of aromatic nitrogens is 1. The molecule has 1 aromatic carbocycles. The minimum atomic E-state index is -0.500. The van der Waals surface area contributed by atoms with Gasteiger partial charge < -0.3 is 5.32 Å². The van der Waals surface area contributed by atoms with Crippen molar-refractivity contribution < 1.29 is 9.18 Å². The molecular formula is C13H10BrFN2O. The number of rotatable bonds is 2. The first-order chi connectivity index (χ1) is 8.59. The molecule has 0 atom stereocenters. The summed E-state index contributed by atoms with van der Waals surface area (Å²) in [5, 5.41) is 2.63. The van der Waals surface area contributed by atoms with Gasteiger partial charge in [-0.25, -0.2) is 4.39 Å². The average Bonchev–Trinajstić information content (AvgIpc) is 2.35. The van der Waals surface area contributed by atoms with Gasteiger partial charge in [-0.3, -0.25) is 9.78 Å². The topological polar surface area (TPSA) is 42.0 Å². The summed E-state index contributed by atoms with van der Waals surface area (Å²) in [4.78, 5) is 15.8. The number of hydrogen-bond donors (Lipinski definition) is 1. The summed E-state index contributed by atoms with van der Waals surface area (Å²) in [6, 6.07) is 6.35. The number of aryl methyl sites for hydroxylation is 1. The van der Waals surface area contributed by atoms with Gasteiger partial charge in [-0.1, -0.05) is 12.1 Å². The molecule has 0 saturated heterocycles. The van der Waals surface area contributed by atoms with E-state index in [4.69, 9.17) is 0 Å². The molecule has 18 heavy (non-hydrogen) atoms. The van der Waals surface area contributed by atoms with Crippen LogP contribution in [0.2, 0.25) is 0 Å². The minimum absolute atomic E-state index is 0.0266. The van der Waals surface area contributed by atoms with Crippen molar-refractivity contribution in [1.82, 2.24) is 4.98 Å². The zero-order valence-electron chi connectivity index (χ0n) is 9.58. The van der Waals surface area contributed by atoms with E-state index in [-0.39, 0.29) is 5.56 Å². The number of benzene rings is 1. The molecule has 0 saturated carbocycles. The highest BCUT2D eigenvalue weighted by molar-refractivity contribution is 9.10. The van der Waals surface area contributed by atoms with E-state index in [9.17, 15) is 9.18 Å².